The van der Waals surface area contributed by atoms with Gasteiger partial charge < -0.3 is 14.9 Å². The van der Waals surface area contributed by atoms with E-state index >= 15 is 0 Å². The van der Waals surface area contributed by atoms with E-state index in [9.17, 15) is 0 Å². The topological polar surface area (TPSA) is 42.8 Å². The molecule has 0 amide bonds. The number of hydrogen-bond donors (Lipinski definition) is 1. The maximum absolute atomic E-state index is 5.85. The van der Waals surface area contributed by atoms with Crippen molar-refractivity contribution in [1.82, 2.24) is 5.43 Å². The molecule has 0 saturated heterocycles. The van der Waals surface area contributed by atoms with Crippen molar-refractivity contribution in [3.8, 4) is 11.5 Å². The Morgan fingerprint density at radius 2 is 1.83 bits per heavy atom. The third-order valence-electron chi connectivity index (χ3n) is 3.14. The molecule has 128 valence electrons. The number of nitrogens with zero attached hydrogens (tertiary/aromatic N) is 1. The van der Waals surface area contributed by atoms with Gasteiger partial charge in [0.2, 0.25) is 0 Å². The second-order valence-electron chi connectivity index (χ2n) is 5.39. The molecule has 24 heavy (non-hydrogen) atoms. The molecule has 0 heterocycles. The fourth-order valence-electron chi connectivity index (χ4n) is 2.10. The van der Waals surface area contributed by atoms with Crippen molar-refractivity contribution in [2.75, 3.05) is 7.11 Å². The summed E-state index contributed by atoms with van der Waals surface area (Å²) >= 11 is 4.59. The standard InChI is InChI=1S/C18H20I2N2O2/c1-12(2)24-18-15(19)8-13(9-16(18)20)10-21-22-11-14-6-4-5-7-17(14)23-3/h4-10,12,22H,11H2,1-3H3/b21-10-. The molecule has 6 heteroatoms. The molecule has 1 N–H and O–H groups in total. The molecular formula is C18H20I2N2O2. The van der Waals surface area contributed by atoms with Crippen LogP contribution in [0.15, 0.2) is 41.5 Å². The molecule has 0 bridgehead atoms. The summed E-state index contributed by atoms with van der Waals surface area (Å²) in [5.74, 6) is 1.80. The van der Waals surface area contributed by atoms with Crippen molar-refractivity contribution < 1.29 is 9.47 Å². The maximum atomic E-state index is 5.85. The van der Waals surface area contributed by atoms with E-state index in [2.05, 4.69) is 67.8 Å². The van der Waals surface area contributed by atoms with Gasteiger partial charge >= 0.3 is 0 Å². The van der Waals surface area contributed by atoms with Crippen LogP contribution < -0.4 is 14.9 Å². The SMILES string of the molecule is COc1ccccc1CN/N=C\c1cc(I)c(OC(C)C)c(I)c1. The Kier molecular flexibility index (Phi) is 7.60. The molecule has 2 rings (SSSR count). The molecule has 0 saturated carbocycles. The van der Waals surface area contributed by atoms with Crippen LogP contribution in [0.4, 0.5) is 0 Å². The highest BCUT2D eigenvalue weighted by Crippen LogP contribution is 2.29. The van der Waals surface area contributed by atoms with Gasteiger partial charge in [-0.05, 0) is 82.8 Å². The van der Waals surface area contributed by atoms with Crippen LogP contribution in [0.3, 0.4) is 0 Å². The van der Waals surface area contributed by atoms with E-state index in [4.69, 9.17) is 9.47 Å². The number of hydrazone groups is 1. The van der Waals surface area contributed by atoms with Crippen LogP contribution in [0.5, 0.6) is 11.5 Å². The van der Waals surface area contributed by atoms with Gasteiger partial charge in [-0.15, -0.1) is 0 Å². The van der Waals surface area contributed by atoms with E-state index in [1.807, 2.05) is 44.3 Å². The van der Waals surface area contributed by atoms with E-state index in [1.165, 1.54) is 0 Å². The number of methoxy groups -OCH3 is 1. The van der Waals surface area contributed by atoms with Crippen LogP contribution in [-0.2, 0) is 6.54 Å². The van der Waals surface area contributed by atoms with E-state index in [-0.39, 0.29) is 6.10 Å². The second kappa shape index (κ2) is 9.45. The monoisotopic (exact) mass is 550 g/mol. The zero-order valence-electron chi connectivity index (χ0n) is 13.8. The summed E-state index contributed by atoms with van der Waals surface area (Å²) < 4.78 is 13.3. The number of benzene rings is 2. The first-order valence-corrected chi connectivity index (χ1v) is 9.70. The minimum absolute atomic E-state index is 0.161. The largest absolute Gasteiger partial charge is 0.496 e. The van der Waals surface area contributed by atoms with Crippen LogP contribution in [0.25, 0.3) is 0 Å². The van der Waals surface area contributed by atoms with Crippen molar-refractivity contribution in [2.45, 2.75) is 26.5 Å². The zero-order chi connectivity index (χ0) is 17.5. The number of ether oxygens (including phenoxy) is 2. The fourth-order valence-corrected chi connectivity index (χ4v) is 4.17. The highest BCUT2D eigenvalue weighted by atomic mass is 127. The van der Waals surface area contributed by atoms with Crippen LogP contribution >= 0.6 is 45.2 Å². The van der Waals surface area contributed by atoms with E-state index in [0.717, 1.165) is 29.8 Å². The van der Waals surface area contributed by atoms with Crippen LogP contribution in [0.1, 0.15) is 25.0 Å². The summed E-state index contributed by atoms with van der Waals surface area (Å²) in [5.41, 5.74) is 5.17. The summed E-state index contributed by atoms with van der Waals surface area (Å²) in [5, 5.41) is 4.31. The quantitative estimate of drug-likeness (QED) is 0.306. The first kappa shape index (κ1) is 19.3. The van der Waals surface area contributed by atoms with Gasteiger partial charge in [0.15, 0.2) is 0 Å². The molecule has 0 aliphatic carbocycles. The highest BCUT2D eigenvalue weighted by Gasteiger charge is 2.09. The summed E-state index contributed by atoms with van der Waals surface area (Å²) in [4.78, 5) is 0. The third-order valence-corrected chi connectivity index (χ3v) is 4.74. The zero-order valence-corrected chi connectivity index (χ0v) is 18.2. The molecule has 0 radical (unpaired) electrons. The first-order valence-electron chi connectivity index (χ1n) is 7.54. The lowest BCUT2D eigenvalue weighted by atomic mass is 10.2. The summed E-state index contributed by atoms with van der Waals surface area (Å²) in [6.07, 6.45) is 1.98. The Bertz CT molecular complexity index is 695. The minimum Gasteiger partial charge on any atom is -0.496 e. The predicted octanol–water partition coefficient (Wildman–Crippen LogP) is 4.82. The Morgan fingerprint density at radius 3 is 2.46 bits per heavy atom. The average Bonchev–Trinajstić information content (AvgIpc) is 2.55. The van der Waals surface area contributed by atoms with E-state index < -0.39 is 0 Å². The number of nitrogens with one attached hydrogen (secondary N) is 1. The molecule has 0 aliphatic rings. The van der Waals surface area contributed by atoms with Gasteiger partial charge in [-0.1, -0.05) is 18.2 Å². The lowest BCUT2D eigenvalue weighted by Gasteiger charge is -2.14. The molecule has 0 aromatic heterocycles. The summed E-state index contributed by atoms with van der Waals surface area (Å²) in [7, 11) is 1.67. The molecule has 0 fully saturated rings. The first-order chi connectivity index (χ1) is 11.5. The molecule has 0 atom stereocenters. The molecule has 0 aliphatic heterocycles. The van der Waals surface area contributed by atoms with Gasteiger partial charge in [0.05, 0.1) is 33.1 Å². The van der Waals surface area contributed by atoms with Crippen LogP contribution in [0, 0.1) is 7.14 Å². The number of rotatable bonds is 7. The minimum atomic E-state index is 0.161. The third kappa shape index (κ3) is 5.51. The molecule has 2 aromatic carbocycles. The Balaban J connectivity index is 2.02. The number of para-hydroxylation sites is 1. The Morgan fingerprint density at radius 1 is 1.17 bits per heavy atom. The number of hydrogen-bond acceptors (Lipinski definition) is 4. The van der Waals surface area contributed by atoms with Gasteiger partial charge in [-0.2, -0.15) is 5.10 Å². The van der Waals surface area contributed by atoms with Crippen molar-refractivity contribution in [1.29, 1.82) is 0 Å². The normalized spacial score (nSPS) is 11.1. The van der Waals surface area contributed by atoms with Gasteiger partial charge in [-0.25, -0.2) is 0 Å². The Labute approximate surface area is 170 Å². The van der Waals surface area contributed by atoms with Crippen LogP contribution in [-0.4, -0.2) is 19.4 Å². The number of halogens is 2. The molecular weight excluding hydrogens is 530 g/mol. The van der Waals surface area contributed by atoms with Crippen molar-refractivity contribution in [3.05, 3.63) is 54.7 Å². The fraction of sp³-hybridized carbons (Fsp3) is 0.278. The lowest BCUT2D eigenvalue weighted by Crippen LogP contribution is -2.09. The van der Waals surface area contributed by atoms with E-state index in [0.29, 0.717) is 6.54 Å². The molecule has 4 nitrogen and oxygen atoms in total. The molecule has 2 aromatic rings. The lowest BCUT2D eigenvalue weighted by molar-refractivity contribution is 0.239. The van der Waals surface area contributed by atoms with Gasteiger partial charge in [0.1, 0.15) is 11.5 Å². The molecule has 0 spiro atoms. The summed E-state index contributed by atoms with van der Waals surface area (Å²) in [6.45, 7) is 4.68. The van der Waals surface area contributed by atoms with Crippen molar-refractivity contribution in [2.24, 2.45) is 5.10 Å². The average molecular weight is 550 g/mol. The van der Waals surface area contributed by atoms with Crippen LogP contribution in [0.2, 0.25) is 0 Å². The smallest absolute Gasteiger partial charge is 0.146 e. The summed E-state index contributed by atoms with van der Waals surface area (Å²) in [6, 6.07) is 12.0. The molecule has 0 unspecified atom stereocenters. The van der Waals surface area contributed by atoms with E-state index in [1.54, 1.807) is 7.11 Å². The second-order valence-corrected chi connectivity index (χ2v) is 7.71. The van der Waals surface area contributed by atoms with Gasteiger partial charge in [-0.3, -0.25) is 0 Å². The Hall–Kier alpha value is -1.03. The maximum Gasteiger partial charge on any atom is 0.146 e. The van der Waals surface area contributed by atoms with Gasteiger partial charge in [0.25, 0.3) is 0 Å². The van der Waals surface area contributed by atoms with Gasteiger partial charge in [0, 0.05) is 5.56 Å². The highest BCUT2D eigenvalue weighted by molar-refractivity contribution is 14.1. The van der Waals surface area contributed by atoms with Crippen molar-refractivity contribution in [3.63, 3.8) is 0 Å². The predicted molar refractivity (Wildman–Crippen MR) is 115 cm³/mol. The van der Waals surface area contributed by atoms with Crippen molar-refractivity contribution >= 4 is 51.4 Å².